The molecule has 1 aromatic carbocycles. The van der Waals surface area contributed by atoms with Crippen LogP contribution in [0.1, 0.15) is 57.3 Å². The van der Waals surface area contributed by atoms with Gasteiger partial charge in [-0.2, -0.15) is 0 Å². The lowest BCUT2D eigenvalue weighted by Crippen LogP contribution is -2.41. The first kappa shape index (κ1) is 15.5. The van der Waals surface area contributed by atoms with Crippen molar-refractivity contribution in [3.8, 4) is 0 Å². The van der Waals surface area contributed by atoms with Crippen molar-refractivity contribution >= 4 is 0 Å². The second kappa shape index (κ2) is 7.24. The van der Waals surface area contributed by atoms with Gasteiger partial charge in [0.2, 0.25) is 0 Å². The van der Waals surface area contributed by atoms with Crippen molar-refractivity contribution in [3.63, 3.8) is 0 Å². The Labute approximate surface area is 123 Å². The van der Waals surface area contributed by atoms with Crippen LogP contribution < -0.4 is 0 Å². The largest absolute Gasteiger partial charge is 0.387 e. The summed E-state index contributed by atoms with van der Waals surface area (Å²) < 4.78 is 0. The van der Waals surface area contributed by atoms with E-state index in [0.29, 0.717) is 0 Å². The summed E-state index contributed by atoms with van der Waals surface area (Å²) in [5.41, 5.74) is 2.37. The fourth-order valence-corrected chi connectivity index (χ4v) is 3.02. The molecule has 0 aromatic heterocycles. The number of nitrogens with zero attached hydrogens (tertiary/aromatic N) is 1. The molecule has 0 bridgehead atoms. The highest BCUT2D eigenvalue weighted by Gasteiger charge is 2.26. The van der Waals surface area contributed by atoms with Crippen molar-refractivity contribution in [1.82, 2.24) is 4.90 Å². The number of benzene rings is 1. The molecular formula is C18H29NO. The van der Waals surface area contributed by atoms with E-state index in [0.717, 1.165) is 31.0 Å². The molecule has 0 saturated heterocycles. The summed E-state index contributed by atoms with van der Waals surface area (Å²) in [7, 11) is 0. The summed E-state index contributed by atoms with van der Waals surface area (Å²) in [5, 5.41) is 10.6. The van der Waals surface area contributed by atoms with E-state index in [9.17, 15) is 5.11 Å². The van der Waals surface area contributed by atoms with Gasteiger partial charge in [0.05, 0.1) is 6.10 Å². The summed E-state index contributed by atoms with van der Waals surface area (Å²) >= 11 is 0. The first-order chi connectivity index (χ1) is 9.65. The maximum Gasteiger partial charge on any atom is 0.0942 e. The molecule has 20 heavy (non-hydrogen) atoms. The lowest BCUT2D eigenvalue weighted by molar-refractivity contribution is 0.0428. The van der Waals surface area contributed by atoms with Gasteiger partial charge >= 0.3 is 0 Å². The summed E-state index contributed by atoms with van der Waals surface area (Å²) in [6, 6.07) is 8.61. The normalized spacial score (nSPS) is 18.9. The van der Waals surface area contributed by atoms with E-state index in [1.807, 2.05) is 0 Å². The SMILES string of the molecule is CCc1ccc(C(O)C(C)N(CC)CC2CCC2)cc1. The molecule has 0 amide bonds. The smallest absolute Gasteiger partial charge is 0.0942 e. The zero-order valence-electron chi connectivity index (χ0n) is 13.2. The maximum absolute atomic E-state index is 10.6. The number of aryl methyl sites for hydroxylation is 1. The standard InChI is InChI=1S/C18H29NO/c1-4-15-9-11-17(12-10-15)18(20)14(3)19(5-2)13-16-7-6-8-16/h9-12,14,16,18,20H,4-8,13H2,1-3H3. The zero-order chi connectivity index (χ0) is 14.5. The molecule has 2 nitrogen and oxygen atoms in total. The van der Waals surface area contributed by atoms with E-state index in [-0.39, 0.29) is 12.1 Å². The quantitative estimate of drug-likeness (QED) is 0.818. The molecule has 1 aliphatic carbocycles. The fourth-order valence-electron chi connectivity index (χ4n) is 3.02. The first-order valence-electron chi connectivity index (χ1n) is 8.16. The number of rotatable bonds is 7. The lowest BCUT2D eigenvalue weighted by atomic mass is 9.84. The highest BCUT2D eigenvalue weighted by atomic mass is 16.3. The van der Waals surface area contributed by atoms with Crippen molar-refractivity contribution in [2.24, 2.45) is 5.92 Å². The van der Waals surface area contributed by atoms with Crippen LogP contribution in [0, 0.1) is 5.92 Å². The molecule has 1 aliphatic rings. The van der Waals surface area contributed by atoms with E-state index in [1.165, 1.54) is 24.8 Å². The van der Waals surface area contributed by atoms with E-state index in [1.54, 1.807) is 0 Å². The van der Waals surface area contributed by atoms with Gasteiger partial charge in [0.25, 0.3) is 0 Å². The van der Waals surface area contributed by atoms with Crippen molar-refractivity contribution in [2.75, 3.05) is 13.1 Å². The van der Waals surface area contributed by atoms with Crippen molar-refractivity contribution in [2.45, 2.75) is 58.6 Å². The van der Waals surface area contributed by atoms with Gasteiger partial charge in [0.15, 0.2) is 0 Å². The van der Waals surface area contributed by atoms with Crippen LogP contribution >= 0.6 is 0 Å². The van der Waals surface area contributed by atoms with Crippen LogP contribution in [0.3, 0.4) is 0 Å². The molecule has 0 radical (unpaired) electrons. The summed E-state index contributed by atoms with van der Waals surface area (Å²) in [6.45, 7) is 8.66. The summed E-state index contributed by atoms with van der Waals surface area (Å²) in [4.78, 5) is 2.43. The van der Waals surface area contributed by atoms with E-state index in [4.69, 9.17) is 0 Å². The van der Waals surface area contributed by atoms with Crippen LogP contribution in [0.25, 0.3) is 0 Å². The van der Waals surface area contributed by atoms with Gasteiger partial charge in [-0.3, -0.25) is 4.90 Å². The molecule has 2 heteroatoms. The average molecular weight is 275 g/mol. The average Bonchev–Trinajstić information content (AvgIpc) is 2.45. The summed E-state index contributed by atoms with van der Waals surface area (Å²) in [5.74, 6) is 0.854. The Hall–Kier alpha value is -0.860. The second-order valence-electron chi connectivity index (χ2n) is 6.17. The minimum atomic E-state index is -0.388. The number of hydrogen-bond acceptors (Lipinski definition) is 2. The van der Waals surface area contributed by atoms with Crippen LogP contribution in [0.4, 0.5) is 0 Å². The molecule has 1 aromatic rings. The Balaban J connectivity index is 1.98. The molecule has 2 unspecified atom stereocenters. The van der Waals surface area contributed by atoms with Crippen LogP contribution in [0.2, 0.25) is 0 Å². The van der Waals surface area contributed by atoms with Gasteiger partial charge in [0, 0.05) is 12.6 Å². The van der Waals surface area contributed by atoms with Crippen LogP contribution in [0.5, 0.6) is 0 Å². The summed E-state index contributed by atoms with van der Waals surface area (Å²) in [6.07, 6.45) is 4.78. The predicted octanol–water partition coefficient (Wildman–Crippen LogP) is 3.79. The lowest BCUT2D eigenvalue weighted by Gasteiger charge is -2.37. The third kappa shape index (κ3) is 3.62. The molecule has 2 rings (SSSR count). The fraction of sp³-hybridized carbons (Fsp3) is 0.667. The van der Waals surface area contributed by atoms with Gasteiger partial charge in [-0.1, -0.05) is 44.5 Å². The van der Waals surface area contributed by atoms with Gasteiger partial charge in [-0.05, 0) is 49.8 Å². The Morgan fingerprint density at radius 2 is 1.85 bits per heavy atom. The molecule has 2 atom stereocenters. The van der Waals surface area contributed by atoms with Gasteiger partial charge < -0.3 is 5.11 Å². The molecule has 0 heterocycles. The third-order valence-corrected chi connectivity index (χ3v) is 4.89. The van der Waals surface area contributed by atoms with E-state index < -0.39 is 0 Å². The number of aliphatic hydroxyl groups excluding tert-OH is 1. The van der Waals surface area contributed by atoms with Gasteiger partial charge in [-0.15, -0.1) is 0 Å². The Morgan fingerprint density at radius 3 is 2.30 bits per heavy atom. The third-order valence-electron chi connectivity index (χ3n) is 4.89. The highest BCUT2D eigenvalue weighted by Crippen LogP contribution is 2.29. The van der Waals surface area contributed by atoms with Crippen LogP contribution in [0.15, 0.2) is 24.3 Å². The molecule has 1 fully saturated rings. The molecular weight excluding hydrogens is 246 g/mol. The van der Waals surface area contributed by atoms with Crippen molar-refractivity contribution in [1.29, 1.82) is 0 Å². The monoisotopic (exact) mass is 275 g/mol. The Kier molecular flexibility index (Phi) is 5.62. The molecule has 0 spiro atoms. The predicted molar refractivity (Wildman–Crippen MR) is 84.8 cm³/mol. The van der Waals surface area contributed by atoms with Gasteiger partial charge in [-0.25, -0.2) is 0 Å². The number of likely N-dealkylation sites (N-methyl/N-ethyl adjacent to an activating group) is 1. The topological polar surface area (TPSA) is 23.5 Å². The number of aliphatic hydroxyl groups is 1. The number of hydrogen-bond donors (Lipinski definition) is 1. The van der Waals surface area contributed by atoms with Crippen LogP contribution in [-0.4, -0.2) is 29.1 Å². The van der Waals surface area contributed by atoms with Crippen molar-refractivity contribution in [3.05, 3.63) is 35.4 Å². The zero-order valence-corrected chi connectivity index (χ0v) is 13.2. The van der Waals surface area contributed by atoms with Gasteiger partial charge in [0.1, 0.15) is 0 Å². The Bertz CT molecular complexity index is 396. The molecule has 112 valence electrons. The Morgan fingerprint density at radius 1 is 1.20 bits per heavy atom. The van der Waals surface area contributed by atoms with E-state index in [2.05, 4.69) is 49.9 Å². The van der Waals surface area contributed by atoms with Crippen molar-refractivity contribution < 1.29 is 5.11 Å². The first-order valence-corrected chi connectivity index (χ1v) is 8.16. The second-order valence-corrected chi connectivity index (χ2v) is 6.17. The van der Waals surface area contributed by atoms with E-state index >= 15 is 0 Å². The highest BCUT2D eigenvalue weighted by molar-refractivity contribution is 5.25. The van der Waals surface area contributed by atoms with Crippen LogP contribution in [-0.2, 0) is 6.42 Å². The maximum atomic E-state index is 10.6. The minimum absolute atomic E-state index is 0.188. The molecule has 1 N–H and O–H groups in total. The molecule has 0 aliphatic heterocycles. The minimum Gasteiger partial charge on any atom is -0.387 e. The molecule has 1 saturated carbocycles.